The minimum Gasteiger partial charge on any atom is -0.377 e. The Hall–Kier alpha value is -1.54. The summed E-state index contributed by atoms with van der Waals surface area (Å²) in [6.07, 6.45) is 6.82. The van der Waals surface area contributed by atoms with Crippen LogP contribution in [0.25, 0.3) is 0 Å². The van der Waals surface area contributed by atoms with Gasteiger partial charge in [-0.2, -0.15) is 5.10 Å². The smallest absolute Gasteiger partial charge is 0.225 e. The number of nitrogens with zero attached hydrogens (tertiary/aromatic N) is 5. The van der Waals surface area contributed by atoms with Crippen LogP contribution in [-0.4, -0.2) is 38.8 Å². The van der Waals surface area contributed by atoms with E-state index in [0.717, 1.165) is 47.9 Å². The molecule has 0 bridgehead atoms. The molecular formula is C13H17BrN6O. The Balaban J connectivity index is 1.84. The molecule has 8 heteroatoms. The van der Waals surface area contributed by atoms with E-state index >= 15 is 0 Å². The Morgan fingerprint density at radius 3 is 2.95 bits per heavy atom. The highest BCUT2D eigenvalue weighted by Gasteiger charge is 2.29. The molecule has 7 nitrogen and oxygen atoms in total. The first-order valence-electron chi connectivity index (χ1n) is 6.92. The van der Waals surface area contributed by atoms with Crippen LogP contribution >= 0.6 is 15.9 Å². The van der Waals surface area contributed by atoms with Gasteiger partial charge in [-0.15, -0.1) is 0 Å². The maximum atomic E-state index is 5.08. The van der Waals surface area contributed by atoms with Gasteiger partial charge in [0.25, 0.3) is 0 Å². The van der Waals surface area contributed by atoms with Gasteiger partial charge in [-0.05, 0) is 35.2 Å². The molecule has 1 fully saturated rings. The number of rotatable bonds is 4. The number of ether oxygens (including phenoxy) is 1. The fraction of sp³-hybridized carbons (Fsp3) is 0.538. The third-order valence-corrected chi connectivity index (χ3v) is 3.90. The molecule has 3 heterocycles. The minimum absolute atomic E-state index is 0.113. The van der Waals surface area contributed by atoms with Crippen LogP contribution in [-0.2, 0) is 11.3 Å². The molecule has 112 valence electrons. The van der Waals surface area contributed by atoms with Crippen molar-refractivity contribution in [3.63, 3.8) is 0 Å². The maximum Gasteiger partial charge on any atom is 0.225 e. The molecule has 0 radical (unpaired) electrons. The van der Waals surface area contributed by atoms with E-state index in [4.69, 9.17) is 4.74 Å². The van der Waals surface area contributed by atoms with Gasteiger partial charge in [0.15, 0.2) is 11.6 Å². The molecule has 0 amide bonds. The van der Waals surface area contributed by atoms with Crippen LogP contribution in [0.4, 0.5) is 5.95 Å². The van der Waals surface area contributed by atoms with E-state index in [-0.39, 0.29) is 6.04 Å². The van der Waals surface area contributed by atoms with Crippen molar-refractivity contribution in [3.8, 4) is 0 Å². The average Bonchev–Trinajstić information content (AvgIpc) is 2.97. The highest BCUT2D eigenvalue weighted by molar-refractivity contribution is 9.10. The zero-order chi connectivity index (χ0) is 14.7. The highest BCUT2D eigenvalue weighted by atomic mass is 79.9. The summed E-state index contributed by atoms with van der Waals surface area (Å²) in [5.74, 6) is 2.25. The van der Waals surface area contributed by atoms with Gasteiger partial charge in [0.2, 0.25) is 5.95 Å². The summed E-state index contributed by atoms with van der Waals surface area (Å²) < 4.78 is 5.95. The lowest BCUT2D eigenvalue weighted by atomic mass is 10.0. The van der Waals surface area contributed by atoms with Crippen molar-refractivity contribution in [2.45, 2.75) is 31.9 Å². The Bertz CT molecular complexity index is 587. The lowest BCUT2D eigenvalue weighted by Gasteiger charge is -2.33. The number of halogens is 1. The van der Waals surface area contributed by atoms with Gasteiger partial charge in [-0.1, -0.05) is 0 Å². The molecule has 0 saturated carbocycles. The Morgan fingerprint density at radius 2 is 2.19 bits per heavy atom. The molecule has 2 aromatic rings. The van der Waals surface area contributed by atoms with E-state index < -0.39 is 0 Å². The predicted molar refractivity (Wildman–Crippen MR) is 80.8 cm³/mol. The number of aromatic amines is 1. The molecule has 0 spiro atoms. The van der Waals surface area contributed by atoms with Crippen molar-refractivity contribution in [3.05, 3.63) is 28.5 Å². The summed E-state index contributed by atoms with van der Waals surface area (Å²) >= 11 is 3.36. The number of hydrogen-bond acceptors (Lipinski definition) is 6. The summed E-state index contributed by atoms with van der Waals surface area (Å²) in [4.78, 5) is 15.5. The van der Waals surface area contributed by atoms with Crippen LogP contribution in [0.15, 0.2) is 16.9 Å². The van der Waals surface area contributed by atoms with E-state index in [1.54, 1.807) is 19.5 Å². The van der Waals surface area contributed by atoms with Crippen LogP contribution in [0.1, 0.15) is 37.0 Å². The molecule has 0 unspecified atom stereocenters. The van der Waals surface area contributed by atoms with Gasteiger partial charge in [-0.25, -0.2) is 15.0 Å². The lowest BCUT2D eigenvalue weighted by molar-refractivity contribution is 0.178. The van der Waals surface area contributed by atoms with Gasteiger partial charge < -0.3 is 9.64 Å². The molecule has 1 N–H and O–H groups in total. The van der Waals surface area contributed by atoms with Crippen molar-refractivity contribution < 1.29 is 4.74 Å². The summed E-state index contributed by atoms with van der Waals surface area (Å²) in [6.45, 7) is 1.36. The fourth-order valence-corrected chi connectivity index (χ4v) is 2.76. The zero-order valence-electron chi connectivity index (χ0n) is 11.8. The number of nitrogens with one attached hydrogen (secondary N) is 1. The van der Waals surface area contributed by atoms with Gasteiger partial charge in [-0.3, -0.25) is 5.10 Å². The van der Waals surface area contributed by atoms with Crippen molar-refractivity contribution in [1.29, 1.82) is 0 Å². The summed E-state index contributed by atoms with van der Waals surface area (Å²) in [5.41, 5.74) is 0. The quantitative estimate of drug-likeness (QED) is 0.908. The van der Waals surface area contributed by atoms with E-state index in [9.17, 15) is 0 Å². The molecule has 21 heavy (non-hydrogen) atoms. The number of anilines is 1. The Kier molecular flexibility index (Phi) is 4.45. The van der Waals surface area contributed by atoms with Crippen LogP contribution in [0.2, 0.25) is 0 Å². The monoisotopic (exact) mass is 352 g/mol. The van der Waals surface area contributed by atoms with Gasteiger partial charge in [0.05, 0.1) is 10.5 Å². The second kappa shape index (κ2) is 6.48. The third kappa shape index (κ3) is 3.21. The molecule has 1 aliphatic rings. The van der Waals surface area contributed by atoms with Crippen molar-refractivity contribution in [2.75, 3.05) is 18.6 Å². The molecule has 0 aromatic carbocycles. The topological polar surface area (TPSA) is 79.8 Å². The summed E-state index contributed by atoms with van der Waals surface area (Å²) in [6, 6.07) is 0.113. The van der Waals surface area contributed by atoms with Gasteiger partial charge in [0.1, 0.15) is 6.61 Å². The fourth-order valence-electron chi connectivity index (χ4n) is 2.55. The standard InChI is InChI=1S/C13H17BrN6O/c1-21-8-11-17-12(19-18-11)10-4-2-3-5-20(10)13-15-6-9(14)7-16-13/h6-7,10H,2-5,8H2,1H3,(H,17,18,19)/t10-/m1/s1. The largest absolute Gasteiger partial charge is 0.377 e. The van der Waals surface area contributed by atoms with Crippen molar-refractivity contribution in [2.24, 2.45) is 0 Å². The Morgan fingerprint density at radius 1 is 1.38 bits per heavy atom. The van der Waals surface area contributed by atoms with Crippen LogP contribution in [0, 0.1) is 0 Å². The average molecular weight is 353 g/mol. The molecule has 1 aliphatic heterocycles. The maximum absolute atomic E-state index is 5.08. The molecule has 0 aliphatic carbocycles. The van der Waals surface area contributed by atoms with Crippen LogP contribution < -0.4 is 4.90 Å². The first kappa shape index (κ1) is 14.4. The molecular weight excluding hydrogens is 336 g/mol. The Labute approximate surface area is 131 Å². The zero-order valence-corrected chi connectivity index (χ0v) is 13.4. The second-order valence-corrected chi connectivity index (χ2v) is 5.90. The number of methoxy groups -OCH3 is 1. The van der Waals surface area contributed by atoms with E-state index in [1.165, 1.54) is 0 Å². The van der Waals surface area contributed by atoms with Crippen molar-refractivity contribution in [1.82, 2.24) is 25.1 Å². The second-order valence-electron chi connectivity index (χ2n) is 4.98. The van der Waals surface area contributed by atoms with Crippen LogP contribution in [0.5, 0.6) is 0 Å². The first-order valence-corrected chi connectivity index (χ1v) is 7.71. The number of piperidine rings is 1. The van der Waals surface area contributed by atoms with Gasteiger partial charge >= 0.3 is 0 Å². The number of hydrogen-bond donors (Lipinski definition) is 1. The van der Waals surface area contributed by atoms with Crippen molar-refractivity contribution >= 4 is 21.9 Å². The molecule has 2 aromatic heterocycles. The highest BCUT2D eigenvalue weighted by Crippen LogP contribution is 2.31. The molecule has 1 saturated heterocycles. The van der Waals surface area contributed by atoms with E-state index in [2.05, 4.69) is 46.0 Å². The van der Waals surface area contributed by atoms with E-state index in [1.807, 2.05) is 0 Å². The number of H-pyrrole nitrogens is 1. The first-order chi connectivity index (χ1) is 10.3. The summed E-state index contributed by atoms with van der Waals surface area (Å²) in [7, 11) is 1.64. The SMILES string of the molecule is COCc1nc([C@H]2CCCCN2c2ncc(Br)cn2)n[nH]1. The molecule has 1 atom stereocenters. The third-order valence-electron chi connectivity index (χ3n) is 3.49. The summed E-state index contributed by atoms with van der Waals surface area (Å²) in [5, 5.41) is 7.25. The molecule has 3 rings (SSSR count). The minimum atomic E-state index is 0.113. The number of aromatic nitrogens is 5. The van der Waals surface area contributed by atoms with Crippen LogP contribution in [0.3, 0.4) is 0 Å². The van der Waals surface area contributed by atoms with E-state index in [0.29, 0.717) is 6.61 Å². The predicted octanol–water partition coefficient (Wildman–Crippen LogP) is 2.24. The van der Waals surface area contributed by atoms with Gasteiger partial charge in [0, 0.05) is 26.0 Å². The normalized spacial score (nSPS) is 19.0. The lowest BCUT2D eigenvalue weighted by Crippen LogP contribution is -2.35.